The largest absolute Gasteiger partial charge is 0.365 e. The normalized spacial score (nSPS) is 16.1. The summed E-state index contributed by atoms with van der Waals surface area (Å²) in [6.45, 7) is 5.69. The molecule has 4 aromatic rings. The summed E-state index contributed by atoms with van der Waals surface area (Å²) in [5.41, 5.74) is 6.34. The number of amides is 2. The number of nitrogens with one attached hydrogen (secondary N) is 2. The smallest absolute Gasteiger partial charge is 0.251 e. The maximum absolute atomic E-state index is 12.9. The van der Waals surface area contributed by atoms with Crippen LogP contribution in [-0.2, 0) is 34.2 Å². The number of imidazole rings is 2. The fourth-order valence-corrected chi connectivity index (χ4v) is 4.69. The molecule has 0 radical (unpaired) electrons. The lowest BCUT2D eigenvalue weighted by Gasteiger charge is -2.32. The molecule has 2 amide bonds. The van der Waals surface area contributed by atoms with Gasteiger partial charge in [0.1, 0.15) is 11.6 Å². The molecule has 5 rings (SSSR count). The molecule has 36 heavy (non-hydrogen) atoms. The van der Waals surface area contributed by atoms with E-state index in [1.807, 2.05) is 35.9 Å². The van der Waals surface area contributed by atoms with E-state index in [-0.39, 0.29) is 18.4 Å². The lowest BCUT2D eigenvalue weighted by Crippen LogP contribution is -2.51. The molecule has 1 atom stereocenters. The van der Waals surface area contributed by atoms with Crippen molar-refractivity contribution in [3.8, 4) is 0 Å². The summed E-state index contributed by atoms with van der Waals surface area (Å²) in [7, 11) is 1.97. The Bertz CT molecular complexity index is 1380. The molecule has 9 nitrogen and oxygen atoms in total. The molecule has 2 N–H and O–H groups in total. The van der Waals surface area contributed by atoms with Crippen molar-refractivity contribution in [1.29, 1.82) is 0 Å². The molecular weight excluding hydrogens is 456 g/mol. The molecule has 0 bridgehead atoms. The van der Waals surface area contributed by atoms with Gasteiger partial charge in [-0.2, -0.15) is 0 Å². The third-order valence-electron chi connectivity index (χ3n) is 6.96. The number of nitrogens with zero attached hydrogens (tertiary/aromatic N) is 4. The van der Waals surface area contributed by atoms with Crippen LogP contribution in [0.1, 0.15) is 29.2 Å². The van der Waals surface area contributed by atoms with Crippen LogP contribution >= 0.6 is 0 Å². The Hall–Kier alpha value is -3.72. The Morgan fingerprint density at radius 2 is 1.92 bits per heavy atom. The SMILES string of the molecule is Cc1cc2nc(CCNC(=O)C3CN(C(=O)CCc4nc5ccccc5n4C)CCO3)[nH]c2cc1C. The van der Waals surface area contributed by atoms with E-state index in [1.165, 1.54) is 11.1 Å². The highest BCUT2D eigenvalue weighted by Gasteiger charge is 2.29. The number of hydrogen-bond donors (Lipinski definition) is 2. The molecule has 2 aromatic carbocycles. The fourth-order valence-electron chi connectivity index (χ4n) is 4.69. The predicted molar refractivity (Wildman–Crippen MR) is 138 cm³/mol. The van der Waals surface area contributed by atoms with Crippen LogP contribution in [-0.4, -0.2) is 68.6 Å². The van der Waals surface area contributed by atoms with Crippen molar-refractivity contribution in [1.82, 2.24) is 29.7 Å². The van der Waals surface area contributed by atoms with Gasteiger partial charge >= 0.3 is 0 Å². The van der Waals surface area contributed by atoms with Gasteiger partial charge in [0.25, 0.3) is 5.91 Å². The molecule has 1 aliphatic heterocycles. The highest BCUT2D eigenvalue weighted by molar-refractivity contribution is 5.83. The van der Waals surface area contributed by atoms with Gasteiger partial charge in [-0.3, -0.25) is 9.59 Å². The monoisotopic (exact) mass is 488 g/mol. The highest BCUT2D eigenvalue weighted by atomic mass is 16.5. The second-order valence-electron chi connectivity index (χ2n) is 9.45. The van der Waals surface area contributed by atoms with Crippen LogP contribution in [0.2, 0.25) is 0 Å². The van der Waals surface area contributed by atoms with Gasteiger partial charge in [0.15, 0.2) is 6.10 Å². The molecule has 0 aliphatic carbocycles. The number of carbonyl (C=O) groups excluding carboxylic acids is 2. The molecule has 1 saturated heterocycles. The van der Waals surface area contributed by atoms with Crippen LogP contribution in [0.4, 0.5) is 0 Å². The number of hydrogen-bond acceptors (Lipinski definition) is 5. The second kappa shape index (κ2) is 10.1. The minimum atomic E-state index is -0.667. The van der Waals surface area contributed by atoms with E-state index in [4.69, 9.17) is 4.74 Å². The molecule has 0 saturated carbocycles. The van der Waals surface area contributed by atoms with Gasteiger partial charge in [-0.25, -0.2) is 9.97 Å². The zero-order valence-corrected chi connectivity index (χ0v) is 21.0. The predicted octanol–water partition coefficient (Wildman–Crippen LogP) is 2.59. The summed E-state index contributed by atoms with van der Waals surface area (Å²) >= 11 is 0. The number of carbonyl (C=O) groups is 2. The van der Waals surface area contributed by atoms with E-state index in [9.17, 15) is 9.59 Å². The van der Waals surface area contributed by atoms with E-state index in [0.29, 0.717) is 39.0 Å². The fraction of sp³-hybridized carbons (Fsp3) is 0.407. The number of aryl methyl sites for hydroxylation is 4. The maximum atomic E-state index is 12.9. The van der Waals surface area contributed by atoms with Crippen molar-refractivity contribution < 1.29 is 14.3 Å². The summed E-state index contributed by atoms with van der Waals surface area (Å²) in [6, 6.07) is 12.1. The molecule has 9 heteroatoms. The third-order valence-corrected chi connectivity index (χ3v) is 6.96. The second-order valence-corrected chi connectivity index (χ2v) is 9.45. The maximum Gasteiger partial charge on any atom is 0.251 e. The summed E-state index contributed by atoms with van der Waals surface area (Å²) < 4.78 is 7.70. The Morgan fingerprint density at radius 3 is 2.75 bits per heavy atom. The van der Waals surface area contributed by atoms with E-state index >= 15 is 0 Å². The molecule has 188 valence electrons. The summed E-state index contributed by atoms with van der Waals surface area (Å²) in [4.78, 5) is 39.9. The first kappa shape index (κ1) is 24.0. The quantitative estimate of drug-likeness (QED) is 0.416. The average molecular weight is 489 g/mol. The Kier molecular flexibility index (Phi) is 6.73. The van der Waals surface area contributed by atoms with Crippen LogP contribution in [0.5, 0.6) is 0 Å². The van der Waals surface area contributed by atoms with Crippen LogP contribution in [0.25, 0.3) is 22.1 Å². The number of rotatable bonds is 7. The Balaban J connectivity index is 1.11. The molecule has 3 heterocycles. The highest BCUT2D eigenvalue weighted by Crippen LogP contribution is 2.18. The number of ether oxygens (including phenoxy) is 1. The Labute approximate surface area is 209 Å². The number of aromatic amines is 1. The average Bonchev–Trinajstić information content (AvgIpc) is 3.42. The van der Waals surface area contributed by atoms with Gasteiger partial charge in [0, 0.05) is 39.4 Å². The minimum Gasteiger partial charge on any atom is -0.365 e. The molecule has 1 aliphatic rings. The number of H-pyrrole nitrogens is 1. The lowest BCUT2D eigenvalue weighted by molar-refractivity contribution is -0.147. The number of morpholine rings is 1. The van der Waals surface area contributed by atoms with Crippen molar-refractivity contribution in [3.05, 3.63) is 59.2 Å². The van der Waals surface area contributed by atoms with Crippen molar-refractivity contribution in [3.63, 3.8) is 0 Å². The number of fused-ring (bicyclic) bond motifs is 2. The first-order chi connectivity index (χ1) is 17.4. The van der Waals surface area contributed by atoms with E-state index < -0.39 is 6.10 Å². The zero-order chi connectivity index (χ0) is 25.2. The first-order valence-electron chi connectivity index (χ1n) is 12.4. The van der Waals surface area contributed by atoms with Crippen molar-refractivity contribution in [2.24, 2.45) is 7.05 Å². The van der Waals surface area contributed by atoms with E-state index in [2.05, 4.69) is 46.2 Å². The standard InChI is InChI=1S/C27H32N6O3/c1-17-14-20-21(15-18(17)2)30-24(29-20)10-11-28-27(35)23-16-33(12-13-36-23)26(34)9-8-25-31-19-6-4-5-7-22(19)32(25)3/h4-7,14-15,23H,8-13,16H2,1-3H3,(H,28,35)(H,29,30). The van der Waals surface area contributed by atoms with Crippen LogP contribution < -0.4 is 5.32 Å². The van der Waals surface area contributed by atoms with Crippen molar-refractivity contribution >= 4 is 33.9 Å². The van der Waals surface area contributed by atoms with E-state index in [1.54, 1.807) is 4.90 Å². The van der Waals surface area contributed by atoms with Crippen LogP contribution in [0.15, 0.2) is 36.4 Å². The van der Waals surface area contributed by atoms with E-state index in [0.717, 1.165) is 33.7 Å². The number of para-hydroxylation sites is 2. The molecule has 1 fully saturated rings. The van der Waals surface area contributed by atoms with Gasteiger partial charge in [0.2, 0.25) is 5.91 Å². The van der Waals surface area contributed by atoms with Crippen molar-refractivity contribution in [2.75, 3.05) is 26.2 Å². The summed E-state index contributed by atoms with van der Waals surface area (Å²) in [5.74, 6) is 1.52. The topological polar surface area (TPSA) is 105 Å². The molecular formula is C27H32N6O3. The van der Waals surface area contributed by atoms with Gasteiger partial charge in [-0.15, -0.1) is 0 Å². The minimum absolute atomic E-state index is 0.0102. The first-order valence-corrected chi connectivity index (χ1v) is 12.4. The van der Waals surface area contributed by atoms with Gasteiger partial charge in [-0.1, -0.05) is 12.1 Å². The zero-order valence-electron chi connectivity index (χ0n) is 21.0. The lowest BCUT2D eigenvalue weighted by atomic mass is 10.1. The number of aromatic nitrogens is 4. The number of benzene rings is 2. The van der Waals surface area contributed by atoms with Crippen LogP contribution in [0.3, 0.4) is 0 Å². The Morgan fingerprint density at radius 1 is 1.11 bits per heavy atom. The van der Waals surface area contributed by atoms with Crippen LogP contribution in [0, 0.1) is 13.8 Å². The molecule has 0 spiro atoms. The third kappa shape index (κ3) is 4.97. The van der Waals surface area contributed by atoms with Gasteiger partial charge in [0.05, 0.1) is 35.2 Å². The van der Waals surface area contributed by atoms with Gasteiger partial charge in [-0.05, 0) is 49.2 Å². The summed E-state index contributed by atoms with van der Waals surface area (Å²) in [5, 5.41) is 2.93. The van der Waals surface area contributed by atoms with Gasteiger partial charge < -0.3 is 24.5 Å². The molecule has 1 unspecified atom stereocenters. The van der Waals surface area contributed by atoms with Crippen molar-refractivity contribution in [2.45, 2.75) is 39.2 Å². The molecule has 2 aromatic heterocycles. The summed E-state index contributed by atoms with van der Waals surface area (Å²) in [6.07, 6.45) is 0.816.